The van der Waals surface area contributed by atoms with Gasteiger partial charge in [-0.3, -0.25) is 19.4 Å². The Bertz CT molecular complexity index is 1660. The van der Waals surface area contributed by atoms with E-state index in [1.54, 1.807) is 78.6 Å². The first kappa shape index (κ1) is 28.5. The van der Waals surface area contributed by atoms with Crippen molar-refractivity contribution in [1.82, 2.24) is 15.3 Å². The molecule has 10 heteroatoms. The van der Waals surface area contributed by atoms with Crippen molar-refractivity contribution >= 4 is 57.7 Å². The molecular weight excluding hydrogens is 567 g/mol. The number of anilines is 2. The molecule has 2 heterocycles. The van der Waals surface area contributed by atoms with Gasteiger partial charge in [0.1, 0.15) is 10.9 Å². The minimum Gasteiger partial charge on any atom is -0.321 e. The SMILES string of the molecule is O=C(Nc1ccc(SC(C(=O)Nc2nccs2)c2ccccc2)cc1)/C(=C/c1cccnc1)NC(=O)c1ccccc1. The van der Waals surface area contributed by atoms with Gasteiger partial charge in [0.25, 0.3) is 11.8 Å². The van der Waals surface area contributed by atoms with Crippen molar-refractivity contribution in [2.24, 2.45) is 0 Å². The normalized spacial score (nSPS) is 11.8. The number of pyridine rings is 1. The molecule has 1 atom stereocenters. The predicted molar refractivity (Wildman–Crippen MR) is 167 cm³/mol. The number of rotatable bonds is 10. The van der Waals surface area contributed by atoms with Crippen LogP contribution in [-0.2, 0) is 9.59 Å². The molecule has 0 saturated carbocycles. The Balaban J connectivity index is 1.31. The molecule has 0 aliphatic carbocycles. The summed E-state index contributed by atoms with van der Waals surface area (Å²) in [5.41, 5.74) is 2.53. The molecule has 5 aromatic rings. The minimum atomic E-state index is -0.516. The molecule has 0 saturated heterocycles. The minimum absolute atomic E-state index is 0.0679. The Morgan fingerprint density at radius 3 is 2.21 bits per heavy atom. The lowest BCUT2D eigenvalue weighted by Gasteiger charge is -2.16. The van der Waals surface area contributed by atoms with Crippen molar-refractivity contribution in [3.05, 3.63) is 143 Å². The number of thiazole rings is 1. The molecule has 2 aromatic heterocycles. The van der Waals surface area contributed by atoms with Gasteiger partial charge in [0.05, 0.1) is 0 Å². The van der Waals surface area contributed by atoms with E-state index >= 15 is 0 Å². The first-order valence-electron chi connectivity index (χ1n) is 12.9. The number of benzene rings is 3. The molecule has 208 valence electrons. The largest absolute Gasteiger partial charge is 0.321 e. The predicted octanol–water partition coefficient (Wildman–Crippen LogP) is 6.42. The first-order chi connectivity index (χ1) is 20.5. The van der Waals surface area contributed by atoms with Crippen molar-refractivity contribution in [3.63, 3.8) is 0 Å². The Morgan fingerprint density at radius 1 is 0.810 bits per heavy atom. The van der Waals surface area contributed by atoms with Crippen LogP contribution in [0.25, 0.3) is 6.08 Å². The fraction of sp³-hybridized carbons (Fsp3) is 0.0312. The molecule has 8 nitrogen and oxygen atoms in total. The van der Waals surface area contributed by atoms with Crippen molar-refractivity contribution in [2.45, 2.75) is 10.1 Å². The molecule has 0 radical (unpaired) electrons. The zero-order chi connectivity index (χ0) is 29.1. The third-order valence-corrected chi connectivity index (χ3v) is 7.85. The van der Waals surface area contributed by atoms with E-state index in [1.807, 2.05) is 48.5 Å². The molecule has 0 bridgehead atoms. The molecule has 3 N–H and O–H groups in total. The fourth-order valence-corrected chi connectivity index (χ4v) is 5.44. The lowest BCUT2D eigenvalue weighted by molar-refractivity contribution is -0.116. The molecular formula is C32H25N5O3S2. The summed E-state index contributed by atoms with van der Waals surface area (Å²) in [4.78, 5) is 48.4. The summed E-state index contributed by atoms with van der Waals surface area (Å²) in [6.45, 7) is 0. The number of carbonyl (C=O) groups excluding carboxylic acids is 3. The van der Waals surface area contributed by atoms with Gasteiger partial charge in [-0.25, -0.2) is 4.98 Å². The summed E-state index contributed by atoms with van der Waals surface area (Å²) in [5, 5.41) is 10.3. The van der Waals surface area contributed by atoms with Crippen LogP contribution in [-0.4, -0.2) is 27.7 Å². The van der Waals surface area contributed by atoms with Crippen LogP contribution in [0.5, 0.6) is 0 Å². The highest BCUT2D eigenvalue weighted by Crippen LogP contribution is 2.37. The molecule has 0 fully saturated rings. The van der Waals surface area contributed by atoms with Gasteiger partial charge in [0, 0.05) is 40.1 Å². The second kappa shape index (κ2) is 14.0. The first-order valence-corrected chi connectivity index (χ1v) is 14.6. The molecule has 3 aromatic carbocycles. The third-order valence-electron chi connectivity index (χ3n) is 5.89. The van der Waals surface area contributed by atoms with Crippen LogP contribution in [0.1, 0.15) is 26.7 Å². The van der Waals surface area contributed by atoms with E-state index in [2.05, 4.69) is 25.9 Å². The molecule has 5 rings (SSSR count). The second-order valence-electron chi connectivity index (χ2n) is 8.88. The van der Waals surface area contributed by atoms with Crippen molar-refractivity contribution in [2.75, 3.05) is 10.6 Å². The van der Waals surface area contributed by atoms with Crippen LogP contribution >= 0.6 is 23.1 Å². The lowest BCUT2D eigenvalue weighted by atomic mass is 10.1. The summed E-state index contributed by atoms with van der Waals surface area (Å²) >= 11 is 2.75. The summed E-state index contributed by atoms with van der Waals surface area (Å²) in [5.74, 6) is -1.08. The highest BCUT2D eigenvalue weighted by Gasteiger charge is 2.23. The zero-order valence-electron chi connectivity index (χ0n) is 22.1. The van der Waals surface area contributed by atoms with Gasteiger partial charge in [-0.1, -0.05) is 54.6 Å². The van der Waals surface area contributed by atoms with E-state index in [-0.39, 0.29) is 11.6 Å². The van der Waals surface area contributed by atoms with Crippen molar-refractivity contribution < 1.29 is 14.4 Å². The van der Waals surface area contributed by atoms with Gasteiger partial charge >= 0.3 is 0 Å². The summed E-state index contributed by atoms with van der Waals surface area (Å²) in [6.07, 6.45) is 6.44. The topological polar surface area (TPSA) is 113 Å². The van der Waals surface area contributed by atoms with E-state index in [0.29, 0.717) is 21.9 Å². The van der Waals surface area contributed by atoms with Gasteiger partial charge in [0.2, 0.25) is 5.91 Å². The van der Waals surface area contributed by atoms with Gasteiger partial charge in [0.15, 0.2) is 5.13 Å². The van der Waals surface area contributed by atoms with E-state index < -0.39 is 17.1 Å². The van der Waals surface area contributed by atoms with E-state index in [9.17, 15) is 14.4 Å². The number of hydrogen-bond acceptors (Lipinski definition) is 7. The van der Waals surface area contributed by atoms with E-state index in [1.165, 1.54) is 23.1 Å². The number of aromatic nitrogens is 2. The maximum absolute atomic E-state index is 13.3. The Morgan fingerprint density at radius 2 is 1.55 bits per heavy atom. The van der Waals surface area contributed by atoms with Crippen LogP contribution in [0.15, 0.2) is 132 Å². The van der Waals surface area contributed by atoms with Crippen LogP contribution in [0, 0.1) is 0 Å². The standard InChI is InChI=1S/C32H25N5O3S2/c38-29(24-11-5-2-6-12-24)36-27(20-22-8-7-17-33-21-22)30(39)35-25-13-15-26(16-14-25)42-28(23-9-3-1-4-10-23)31(40)37-32-34-18-19-41-32/h1-21,28H,(H,35,39)(H,36,38)(H,34,37,40)/b27-20-. The highest BCUT2D eigenvalue weighted by atomic mass is 32.2. The number of nitrogens with zero attached hydrogens (tertiary/aromatic N) is 2. The summed E-state index contributed by atoms with van der Waals surface area (Å²) in [6, 6.07) is 28.9. The molecule has 3 amide bonds. The Hall–Kier alpha value is -5.06. The van der Waals surface area contributed by atoms with Gasteiger partial charge in [-0.15, -0.1) is 23.1 Å². The van der Waals surface area contributed by atoms with Crippen LogP contribution in [0.2, 0.25) is 0 Å². The zero-order valence-corrected chi connectivity index (χ0v) is 23.8. The van der Waals surface area contributed by atoms with Gasteiger partial charge in [-0.05, 0) is 59.7 Å². The number of amides is 3. The lowest BCUT2D eigenvalue weighted by Crippen LogP contribution is -2.30. The van der Waals surface area contributed by atoms with Crippen LogP contribution in [0.4, 0.5) is 10.8 Å². The van der Waals surface area contributed by atoms with Crippen molar-refractivity contribution in [3.8, 4) is 0 Å². The van der Waals surface area contributed by atoms with E-state index in [0.717, 1.165) is 10.5 Å². The fourth-order valence-electron chi connectivity index (χ4n) is 3.88. The number of carbonyl (C=O) groups is 3. The Kier molecular flexibility index (Phi) is 9.50. The second-order valence-corrected chi connectivity index (χ2v) is 11.0. The third kappa shape index (κ3) is 7.78. The van der Waals surface area contributed by atoms with E-state index in [4.69, 9.17) is 0 Å². The quantitative estimate of drug-likeness (QED) is 0.128. The molecule has 42 heavy (non-hydrogen) atoms. The van der Waals surface area contributed by atoms with Crippen LogP contribution in [0.3, 0.4) is 0 Å². The molecule has 0 aliphatic rings. The molecule has 0 aliphatic heterocycles. The highest BCUT2D eigenvalue weighted by molar-refractivity contribution is 8.00. The number of nitrogens with one attached hydrogen (secondary N) is 3. The molecule has 0 spiro atoms. The van der Waals surface area contributed by atoms with Gasteiger partial charge in [-0.2, -0.15) is 0 Å². The maximum atomic E-state index is 13.3. The average molecular weight is 592 g/mol. The Labute approximate surface area is 250 Å². The smallest absolute Gasteiger partial charge is 0.272 e. The number of hydrogen-bond donors (Lipinski definition) is 3. The average Bonchev–Trinajstić information content (AvgIpc) is 3.54. The monoisotopic (exact) mass is 591 g/mol. The summed E-state index contributed by atoms with van der Waals surface area (Å²) < 4.78 is 0. The molecule has 1 unspecified atom stereocenters. The van der Waals surface area contributed by atoms with Gasteiger partial charge < -0.3 is 16.0 Å². The van der Waals surface area contributed by atoms with Crippen LogP contribution < -0.4 is 16.0 Å². The number of thioether (sulfide) groups is 1. The van der Waals surface area contributed by atoms with Crippen molar-refractivity contribution in [1.29, 1.82) is 0 Å². The maximum Gasteiger partial charge on any atom is 0.272 e. The summed E-state index contributed by atoms with van der Waals surface area (Å²) in [7, 11) is 0.